The summed E-state index contributed by atoms with van der Waals surface area (Å²) in [5.41, 5.74) is 1.42. The van der Waals surface area contributed by atoms with Gasteiger partial charge in [-0.1, -0.05) is 34.1 Å². The number of fused-ring (bicyclic) bond motifs is 1. The van der Waals surface area contributed by atoms with Gasteiger partial charge in [0.2, 0.25) is 0 Å². The Morgan fingerprint density at radius 2 is 2.17 bits per heavy atom. The average molecular weight is 309 g/mol. The molecule has 0 bridgehead atoms. The lowest BCUT2D eigenvalue weighted by molar-refractivity contribution is 0.0844. The number of hydrogen-bond acceptors (Lipinski definition) is 2. The molecule has 3 atom stereocenters. The highest BCUT2D eigenvalue weighted by Crippen LogP contribution is 2.35. The fourth-order valence-electron chi connectivity index (χ4n) is 3.58. The minimum atomic E-state index is 0.508. The van der Waals surface area contributed by atoms with Crippen molar-refractivity contribution in [3.8, 4) is 0 Å². The van der Waals surface area contributed by atoms with Gasteiger partial charge in [-0.2, -0.15) is 0 Å². The first-order chi connectivity index (χ1) is 8.77. The summed E-state index contributed by atoms with van der Waals surface area (Å²) in [6.07, 6.45) is 2.74. The van der Waals surface area contributed by atoms with E-state index in [2.05, 4.69) is 57.3 Å². The molecule has 98 valence electrons. The van der Waals surface area contributed by atoms with Gasteiger partial charge in [0.05, 0.1) is 0 Å². The molecular formula is C15H21BrN2. The van der Waals surface area contributed by atoms with E-state index in [4.69, 9.17) is 0 Å². The van der Waals surface area contributed by atoms with E-state index in [9.17, 15) is 0 Å². The minimum absolute atomic E-state index is 0.508. The molecule has 0 saturated carbocycles. The number of piperidine rings is 1. The highest BCUT2D eigenvalue weighted by molar-refractivity contribution is 9.10. The van der Waals surface area contributed by atoms with Crippen LogP contribution in [0.5, 0.6) is 0 Å². The van der Waals surface area contributed by atoms with E-state index in [1.165, 1.54) is 42.5 Å². The maximum absolute atomic E-state index is 3.69. The van der Waals surface area contributed by atoms with Gasteiger partial charge in [-0.05, 0) is 50.4 Å². The largest absolute Gasteiger partial charge is 0.315 e. The second-order valence-corrected chi connectivity index (χ2v) is 6.42. The molecule has 0 spiro atoms. The smallest absolute Gasteiger partial charge is 0.0334 e. The number of halogens is 1. The average Bonchev–Trinajstić information content (AvgIpc) is 2.86. The molecule has 18 heavy (non-hydrogen) atoms. The number of likely N-dealkylation sites (tertiary alicyclic amines) is 1. The maximum Gasteiger partial charge on any atom is 0.0334 e. The summed E-state index contributed by atoms with van der Waals surface area (Å²) < 4.78 is 1.24. The van der Waals surface area contributed by atoms with Crippen LogP contribution in [0.4, 0.5) is 0 Å². The molecule has 2 saturated heterocycles. The van der Waals surface area contributed by atoms with E-state index in [0.29, 0.717) is 6.04 Å². The fraction of sp³-hybridized carbons (Fsp3) is 0.600. The highest BCUT2D eigenvalue weighted by atomic mass is 79.9. The molecule has 1 aromatic rings. The summed E-state index contributed by atoms with van der Waals surface area (Å²) in [5, 5.41) is 3.56. The molecule has 0 aliphatic carbocycles. The lowest BCUT2D eigenvalue weighted by Gasteiger charge is -2.41. The Bertz CT molecular complexity index is 421. The van der Waals surface area contributed by atoms with Crippen molar-refractivity contribution in [2.24, 2.45) is 5.92 Å². The van der Waals surface area contributed by atoms with E-state index in [1.54, 1.807) is 0 Å². The molecule has 0 aromatic heterocycles. The molecular weight excluding hydrogens is 288 g/mol. The Kier molecular flexibility index (Phi) is 3.73. The topological polar surface area (TPSA) is 15.3 Å². The summed E-state index contributed by atoms with van der Waals surface area (Å²) in [6.45, 7) is 5.97. The van der Waals surface area contributed by atoms with Crippen LogP contribution in [0, 0.1) is 5.92 Å². The van der Waals surface area contributed by atoms with E-state index in [0.717, 1.165) is 12.0 Å². The van der Waals surface area contributed by atoms with Gasteiger partial charge in [-0.3, -0.25) is 4.90 Å². The van der Waals surface area contributed by atoms with E-state index in [1.807, 2.05) is 0 Å². The maximum atomic E-state index is 3.69. The van der Waals surface area contributed by atoms with Crippen LogP contribution < -0.4 is 5.32 Å². The lowest BCUT2D eigenvalue weighted by Crippen LogP contribution is -2.46. The van der Waals surface area contributed by atoms with Crippen molar-refractivity contribution in [2.45, 2.75) is 31.8 Å². The van der Waals surface area contributed by atoms with Crippen molar-refractivity contribution < 1.29 is 0 Å². The van der Waals surface area contributed by atoms with E-state index >= 15 is 0 Å². The van der Waals surface area contributed by atoms with Crippen molar-refractivity contribution >= 4 is 15.9 Å². The van der Waals surface area contributed by atoms with Crippen LogP contribution in [0.3, 0.4) is 0 Å². The van der Waals surface area contributed by atoms with Gasteiger partial charge in [0.1, 0.15) is 0 Å². The zero-order valence-corrected chi connectivity index (χ0v) is 12.5. The van der Waals surface area contributed by atoms with Crippen molar-refractivity contribution in [1.29, 1.82) is 0 Å². The van der Waals surface area contributed by atoms with Crippen LogP contribution in [-0.2, 0) is 0 Å². The van der Waals surface area contributed by atoms with Crippen LogP contribution >= 0.6 is 15.9 Å². The summed E-state index contributed by atoms with van der Waals surface area (Å²) in [4.78, 5) is 2.70. The van der Waals surface area contributed by atoms with E-state index in [-0.39, 0.29) is 0 Å². The molecule has 2 fully saturated rings. The molecule has 3 rings (SSSR count). The molecule has 0 amide bonds. The van der Waals surface area contributed by atoms with Crippen molar-refractivity contribution in [2.75, 3.05) is 19.6 Å². The van der Waals surface area contributed by atoms with Gasteiger partial charge in [0, 0.05) is 23.1 Å². The van der Waals surface area contributed by atoms with Crippen molar-refractivity contribution in [3.05, 3.63) is 34.3 Å². The Morgan fingerprint density at radius 3 is 3.00 bits per heavy atom. The third-order valence-corrected chi connectivity index (χ3v) is 5.30. The quantitative estimate of drug-likeness (QED) is 0.902. The fourth-order valence-corrected chi connectivity index (χ4v) is 4.19. The molecule has 1 aromatic carbocycles. The number of nitrogens with one attached hydrogen (secondary N) is 1. The van der Waals surface area contributed by atoms with Gasteiger partial charge in [0.15, 0.2) is 0 Å². The summed E-state index contributed by atoms with van der Waals surface area (Å²) in [7, 11) is 0. The van der Waals surface area contributed by atoms with Gasteiger partial charge in [-0.25, -0.2) is 0 Å². The third kappa shape index (κ3) is 2.24. The van der Waals surface area contributed by atoms with E-state index < -0.39 is 0 Å². The summed E-state index contributed by atoms with van der Waals surface area (Å²) >= 11 is 3.69. The van der Waals surface area contributed by atoms with Crippen LogP contribution in [-0.4, -0.2) is 30.6 Å². The minimum Gasteiger partial charge on any atom is -0.315 e. The van der Waals surface area contributed by atoms with Crippen LogP contribution in [0.2, 0.25) is 0 Å². The van der Waals surface area contributed by atoms with Crippen LogP contribution in [0.25, 0.3) is 0 Å². The van der Waals surface area contributed by atoms with Crippen LogP contribution in [0.1, 0.15) is 31.4 Å². The first-order valence-corrected chi connectivity index (χ1v) is 7.77. The zero-order chi connectivity index (χ0) is 12.5. The highest BCUT2D eigenvalue weighted by Gasteiger charge is 2.37. The molecule has 3 unspecified atom stereocenters. The predicted molar refractivity (Wildman–Crippen MR) is 78.6 cm³/mol. The van der Waals surface area contributed by atoms with Crippen molar-refractivity contribution in [1.82, 2.24) is 10.2 Å². The third-order valence-electron chi connectivity index (χ3n) is 4.57. The number of benzene rings is 1. The molecule has 2 heterocycles. The predicted octanol–water partition coefficient (Wildman–Crippen LogP) is 3.19. The second kappa shape index (κ2) is 5.32. The number of nitrogens with zero attached hydrogens (tertiary/aromatic N) is 1. The molecule has 2 aliphatic rings. The lowest BCUT2D eigenvalue weighted by atomic mass is 9.90. The van der Waals surface area contributed by atoms with Crippen LogP contribution in [0.15, 0.2) is 28.7 Å². The standard InChI is InChI=1S/C15H21BrN2/c1-11(13-6-2-3-7-14(13)16)18-8-4-5-12-9-17-10-15(12)18/h2-3,6-7,11-12,15,17H,4-5,8-10H2,1H3. The summed E-state index contributed by atoms with van der Waals surface area (Å²) in [5.74, 6) is 0.865. The Hall–Kier alpha value is -0.380. The van der Waals surface area contributed by atoms with Gasteiger partial charge >= 0.3 is 0 Å². The second-order valence-electron chi connectivity index (χ2n) is 5.56. The molecule has 1 N–H and O–H groups in total. The van der Waals surface area contributed by atoms with Gasteiger partial charge in [0.25, 0.3) is 0 Å². The normalized spacial score (nSPS) is 30.1. The number of hydrogen-bond donors (Lipinski definition) is 1. The first kappa shape index (κ1) is 12.6. The van der Waals surface area contributed by atoms with Gasteiger partial charge in [-0.15, -0.1) is 0 Å². The summed E-state index contributed by atoms with van der Waals surface area (Å²) in [6, 6.07) is 9.89. The monoisotopic (exact) mass is 308 g/mol. The molecule has 0 radical (unpaired) electrons. The Balaban J connectivity index is 1.83. The Labute approximate surface area is 118 Å². The molecule has 3 heteroatoms. The first-order valence-electron chi connectivity index (χ1n) is 6.98. The Morgan fingerprint density at radius 1 is 1.33 bits per heavy atom. The van der Waals surface area contributed by atoms with Crippen molar-refractivity contribution in [3.63, 3.8) is 0 Å². The SMILES string of the molecule is CC(c1ccccc1Br)N1CCCC2CNCC21. The zero-order valence-electron chi connectivity index (χ0n) is 10.9. The van der Waals surface area contributed by atoms with Gasteiger partial charge < -0.3 is 5.32 Å². The molecule has 2 aliphatic heterocycles. The number of rotatable bonds is 2. The molecule has 2 nitrogen and oxygen atoms in total.